The zero-order chi connectivity index (χ0) is 19.4. The predicted molar refractivity (Wildman–Crippen MR) is 110 cm³/mol. The van der Waals surface area contributed by atoms with Crippen molar-refractivity contribution in [1.82, 2.24) is 0 Å². The lowest BCUT2D eigenvalue weighted by Crippen LogP contribution is -2.57. The first kappa shape index (κ1) is 19.1. The van der Waals surface area contributed by atoms with E-state index < -0.39 is 0 Å². The second-order valence-electron chi connectivity index (χ2n) is 10.6. The van der Waals surface area contributed by atoms with Gasteiger partial charge in [-0.15, -0.1) is 0 Å². The van der Waals surface area contributed by atoms with Gasteiger partial charge in [0.15, 0.2) is 0 Å². The summed E-state index contributed by atoms with van der Waals surface area (Å²) < 4.78 is 6.34. The van der Waals surface area contributed by atoms with Gasteiger partial charge in [-0.3, -0.25) is 0 Å². The van der Waals surface area contributed by atoms with Crippen LogP contribution in [-0.2, 0) is 4.74 Å². The first-order chi connectivity index (χ1) is 12.8. The minimum absolute atomic E-state index is 0.164. The number of fused-ring (bicyclic) bond motifs is 5. The Morgan fingerprint density at radius 3 is 2.63 bits per heavy atom. The molecule has 0 saturated heterocycles. The standard InChI is InChI=1S/C25H37NO/c1-6-18(3)27-22-8-7-20-19-10-14-25(16-26)15-17(2)9-13-24(25,5)21(19)11-12-23(20,22)4/h19-22H,2-3,6-15H2,1,4-5H3/t19?,20?,21?,22-,23-,24+,25+/m0/s1. The molecule has 0 aromatic carbocycles. The van der Waals surface area contributed by atoms with Gasteiger partial charge >= 0.3 is 0 Å². The highest BCUT2D eigenvalue weighted by Crippen LogP contribution is 2.70. The Morgan fingerprint density at radius 1 is 1.15 bits per heavy atom. The quantitative estimate of drug-likeness (QED) is 0.406. The maximum atomic E-state index is 10.2. The summed E-state index contributed by atoms with van der Waals surface area (Å²) in [7, 11) is 0. The topological polar surface area (TPSA) is 33.0 Å². The van der Waals surface area contributed by atoms with Gasteiger partial charge in [-0.25, -0.2) is 0 Å². The number of ether oxygens (including phenoxy) is 1. The Hall–Kier alpha value is -1.23. The molecule has 0 aromatic heterocycles. The molecule has 2 heteroatoms. The Labute approximate surface area is 166 Å². The number of nitrogens with zero attached hydrogens (tertiary/aromatic N) is 1. The smallest absolute Gasteiger partial charge is 0.104 e. The van der Waals surface area contributed by atoms with E-state index in [0.717, 1.165) is 49.7 Å². The number of hydrogen-bond acceptors (Lipinski definition) is 2. The van der Waals surface area contributed by atoms with E-state index in [1.165, 1.54) is 37.7 Å². The molecule has 0 bridgehead atoms. The highest BCUT2D eigenvalue weighted by molar-refractivity contribution is 5.24. The van der Waals surface area contributed by atoms with Crippen LogP contribution in [0.1, 0.15) is 85.0 Å². The molecule has 27 heavy (non-hydrogen) atoms. The summed E-state index contributed by atoms with van der Waals surface area (Å²) in [6.45, 7) is 15.5. The third-order valence-corrected chi connectivity index (χ3v) is 9.63. The zero-order valence-electron chi connectivity index (χ0n) is 17.7. The summed E-state index contributed by atoms with van der Waals surface area (Å²) in [5.41, 5.74) is 1.60. The van der Waals surface area contributed by atoms with Crippen LogP contribution in [0.25, 0.3) is 0 Å². The number of hydrogen-bond donors (Lipinski definition) is 0. The van der Waals surface area contributed by atoms with Gasteiger partial charge in [-0.2, -0.15) is 5.26 Å². The molecule has 4 aliphatic carbocycles. The van der Waals surface area contributed by atoms with E-state index in [-0.39, 0.29) is 10.8 Å². The van der Waals surface area contributed by atoms with Crippen LogP contribution in [-0.4, -0.2) is 6.10 Å². The summed E-state index contributed by atoms with van der Waals surface area (Å²) in [6.07, 6.45) is 11.8. The largest absolute Gasteiger partial charge is 0.495 e. The van der Waals surface area contributed by atoms with E-state index in [0.29, 0.717) is 17.4 Å². The Kier molecular flexibility index (Phi) is 4.53. The Morgan fingerprint density at radius 2 is 1.93 bits per heavy atom. The minimum atomic E-state index is -0.164. The van der Waals surface area contributed by atoms with Crippen LogP contribution in [0, 0.1) is 45.3 Å². The number of nitriles is 1. The van der Waals surface area contributed by atoms with Gasteiger partial charge < -0.3 is 4.74 Å². The van der Waals surface area contributed by atoms with Crippen molar-refractivity contribution >= 4 is 0 Å². The maximum absolute atomic E-state index is 10.2. The van der Waals surface area contributed by atoms with E-state index in [2.05, 4.69) is 40.0 Å². The van der Waals surface area contributed by atoms with E-state index in [4.69, 9.17) is 4.74 Å². The van der Waals surface area contributed by atoms with Crippen LogP contribution >= 0.6 is 0 Å². The van der Waals surface area contributed by atoms with Crippen LogP contribution < -0.4 is 0 Å². The lowest BCUT2D eigenvalue weighted by Gasteiger charge is -2.63. The molecule has 7 atom stereocenters. The average molecular weight is 368 g/mol. The fourth-order valence-electron chi connectivity index (χ4n) is 7.85. The highest BCUT2D eigenvalue weighted by Gasteiger charge is 2.65. The SMILES string of the molecule is C=C1CC[C@]2(C)C3CC[C@@]4(C)C(CC[C@@H]4OC(=C)CC)C3CC[C@]2(C#N)C1. The van der Waals surface area contributed by atoms with Crippen LogP contribution in [0.5, 0.6) is 0 Å². The number of allylic oxidation sites excluding steroid dienone is 2. The molecule has 2 nitrogen and oxygen atoms in total. The molecule has 0 heterocycles. The zero-order valence-corrected chi connectivity index (χ0v) is 17.7. The van der Waals surface area contributed by atoms with Gasteiger partial charge in [0, 0.05) is 11.8 Å². The van der Waals surface area contributed by atoms with Crippen molar-refractivity contribution in [2.24, 2.45) is 34.0 Å². The molecule has 4 aliphatic rings. The molecule has 0 amide bonds. The molecule has 0 aliphatic heterocycles. The molecule has 4 fully saturated rings. The minimum Gasteiger partial charge on any atom is -0.495 e. The monoisotopic (exact) mass is 367 g/mol. The lowest BCUT2D eigenvalue weighted by atomic mass is 9.40. The molecule has 0 N–H and O–H groups in total. The highest BCUT2D eigenvalue weighted by atomic mass is 16.5. The fourth-order valence-corrected chi connectivity index (χ4v) is 7.85. The summed E-state index contributed by atoms with van der Waals surface area (Å²) >= 11 is 0. The Bertz CT molecular complexity index is 689. The molecular weight excluding hydrogens is 330 g/mol. The van der Waals surface area contributed by atoms with Crippen molar-refractivity contribution in [2.45, 2.75) is 91.1 Å². The van der Waals surface area contributed by atoms with Gasteiger partial charge in [0.2, 0.25) is 0 Å². The summed E-state index contributed by atoms with van der Waals surface area (Å²) in [5, 5.41) is 10.2. The van der Waals surface area contributed by atoms with E-state index in [9.17, 15) is 5.26 Å². The summed E-state index contributed by atoms with van der Waals surface area (Å²) in [5.74, 6) is 3.17. The van der Waals surface area contributed by atoms with Gasteiger partial charge in [0.05, 0.1) is 17.2 Å². The Balaban J connectivity index is 1.62. The molecule has 148 valence electrons. The van der Waals surface area contributed by atoms with Crippen molar-refractivity contribution in [3.8, 4) is 6.07 Å². The summed E-state index contributed by atoms with van der Waals surface area (Å²) in [6, 6.07) is 2.84. The van der Waals surface area contributed by atoms with Crippen LogP contribution in [0.15, 0.2) is 24.5 Å². The average Bonchev–Trinajstić information content (AvgIpc) is 2.98. The summed E-state index contributed by atoms with van der Waals surface area (Å²) in [4.78, 5) is 0. The third-order valence-electron chi connectivity index (χ3n) is 9.63. The fraction of sp³-hybridized carbons (Fsp3) is 0.800. The first-order valence-electron chi connectivity index (χ1n) is 11.2. The first-order valence-corrected chi connectivity index (χ1v) is 11.2. The molecular formula is C25H37NO. The molecule has 3 unspecified atom stereocenters. The number of rotatable bonds is 3. The van der Waals surface area contributed by atoms with Gasteiger partial charge in [-0.05, 0) is 81.0 Å². The van der Waals surface area contributed by atoms with Crippen LogP contribution in [0.4, 0.5) is 0 Å². The van der Waals surface area contributed by atoms with Crippen molar-refractivity contribution in [1.29, 1.82) is 5.26 Å². The third kappa shape index (κ3) is 2.56. The van der Waals surface area contributed by atoms with Crippen molar-refractivity contribution in [3.63, 3.8) is 0 Å². The van der Waals surface area contributed by atoms with Crippen molar-refractivity contribution < 1.29 is 4.74 Å². The van der Waals surface area contributed by atoms with Crippen LogP contribution in [0.2, 0.25) is 0 Å². The normalized spacial score (nSPS) is 48.7. The molecule has 4 rings (SSSR count). The van der Waals surface area contributed by atoms with Gasteiger partial charge in [0.25, 0.3) is 0 Å². The second kappa shape index (κ2) is 6.40. The van der Waals surface area contributed by atoms with E-state index in [1.807, 2.05) is 0 Å². The van der Waals surface area contributed by atoms with Crippen molar-refractivity contribution in [2.75, 3.05) is 0 Å². The van der Waals surface area contributed by atoms with E-state index >= 15 is 0 Å². The van der Waals surface area contributed by atoms with Gasteiger partial charge in [0.1, 0.15) is 6.10 Å². The molecule has 0 aromatic rings. The lowest BCUT2D eigenvalue weighted by molar-refractivity contribution is -0.139. The van der Waals surface area contributed by atoms with Crippen molar-refractivity contribution in [3.05, 3.63) is 24.5 Å². The van der Waals surface area contributed by atoms with E-state index in [1.54, 1.807) is 0 Å². The predicted octanol–water partition coefficient (Wildman–Crippen LogP) is 6.79. The maximum Gasteiger partial charge on any atom is 0.104 e. The molecule has 0 spiro atoms. The molecule has 4 saturated carbocycles. The second-order valence-corrected chi connectivity index (χ2v) is 10.6. The van der Waals surface area contributed by atoms with Gasteiger partial charge in [-0.1, -0.05) is 39.5 Å². The van der Waals surface area contributed by atoms with Crippen LogP contribution in [0.3, 0.4) is 0 Å². The molecule has 0 radical (unpaired) electrons.